The predicted octanol–water partition coefficient (Wildman–Crippen LogP) is 2.92. The molecule has 1 rings (SSSR count). The van der Waals surface area contributed by atoms with Crippen LogP contribution >= 0.6 is 0 Å². The smallest absolute Gasteiger partial charge is 0.116 e. The second-order valence-electron chi connectivity index (χ2n) is 5.18. The first kappa shape index (κ1) is 15.4. The van der Waals surface area contributed by atoms with Crippen molar-refractivity contribution in [2.75, 3.05) is 26.7 Å². The Kier molecular flexibility index (Phi) is 7.21. The van der Waals surface area contributed by atoms with Crippen molar-refractivity contribution in [2.24, 2.45) is 0 Å². The van der Waals surface area contributed by atoms with Crippen LogP contribution in [-0.4, -0.2) is 43.8 Å². The molecule has 0 aromatic carbocycles. The van der Waals surface area contributed by atoms with Gasteiger partial charge in [-0.2, -0.15) is 0 Å². The number of allylic oxidation sites excluding steroid dienone is 2. The summed E-state index contributed by atoms with van der Waals surface area (Å²) in [4.78, 5) is 2.37. The molecule has 1 fully saturated rings. The molecule has 0 aromatic rings. The zero-order valence-corrected chi connectivity index (χ0v) is 12.0. The van der Waals surface area contributed by atoms with E-state index in [2.05, 4.69) is 30.3 Å². The highest BCUT2D eigenvalue weighted by Crippen LogP contribution is 2.09. The summed E-state index contributed by atoms with van der Waals surface area (Å²) in [6, 6.07) is 0.609. The SMILES string of the molecule is CC/C=C(\C=C/C(C)F)CNC1CCN(C)CC1. The Morgan fingerprint density at radius 3 is 2.67 bits per heavy atom. The van der Waals surface area contributed by atoms with E-state index < -0.39 is 6.17 Å². The van der Waals surface area contributed by atoms with Gasteiger partial charge in [0.1, 0.15) is 6.17 Å². The van der Waals surface area contributed by atoms with E-state index in [0.29, 0.717) is 6.04 Å². The number of likely N-dealkylation sites (tertiary alicyclic amines) is 1. The molecule has 1 N–H and O–H groups in total. The lowest BCUT2D eigenvalue weighted by Gasteiger charge is -2.29. The maximum Gasteiger partial charge on any atom is 0.116 e. The normalized spacial score (nSPS) is 21.7. The van der Waals surface area contributed by atoms with E-state index in [0.717, 1.165) is 13.0 Å². The predicted molar refractivity (Wildman–Crippen MR) is 76.6 cm³/mol. The summed E-state index contributed by atoms with van der Waals surface area (Å²) in [7, 11) is 2.17. The second kappa shape index (κ2) is 8.44. The Morgan fingerprint density at radius 2 is 2.11 bits per heavy atom. The summed E-state index contributed by atoms with van der Waals surface area (Å²) in [6.45, 7) is 6.86. The Labute approximate surface area is 111 Å². The van der Waals surface area contributed by atoms with Crippen LogP contribution in [-0.2, 0) is 0 Å². The van der Waals surface area contributed by atoms with Crippen LogP contribution in [0.1, 0.15) is 33.1 Å². The number of nitrogens with one attached hydrogen (secondary N) is 1. The van der Waals surface area contributed by atoms with Crippen molar-refractivity contribution >= 4 is 0 Å². The summed E-state index contributed by atoms with van der Waals surface area (Å²) in [5.74, 6) is 0. The third-order valence-electron chi connectivity index (χ3n) is 3.36. The van der Waals surface area contributed by atoms with Crippen LogP contribution in [0, 0.1) is 0 Å². The minimum absolute atomic E-state index is 0.609. The number of piperidine rings is 1. The van der Waals surface area contributed by atoms with E-state index in [4.69, 9.17) is 0 Å². The number of hydrogen-bond donors (Lipinski definition) is 1. The van der Waals surface area contributed by atoms with Crippen molar-refractivity contribution in [3.05, 3.63) is 23.8 Å². The third kappa shape index (κ3) is 6.31. The lowest BCUT2D eigenvalue weighted by Crippen LogP contribution is -2.41. The van der Waals surface area contributed by atoms with Crippen molar-refractivity contribution in [1.82, 2.24) is 10.2 Å². The number of hydrogen-bond acceptors (Lipinski definition) is 2. The fourth-order valence-corrected chi connectivity index (χ4v) is 2.19. The van der Waals surface area contributed by atoms with Crippen LogP contribution in [0.15, 0.2) is 23.8 Å². The molecule has 3 heteroatoms. The Morgan fingerprint density at radius 1 is 1.44 bits per heavy atom. The van der Waals surface area contributed by atoms with Gasteiger partial charge in [-0.1, -0.05) is 25.2 Å². The molecule has 0 bridgehead atoms. The zero-order valence-electron chi connectivity index (χ0n) is 12.0. The fraction of sp³-hybridized carbons (Fsp3) is 0.733. The molecule has 1 aliphatic rings. The largest absolute Gasteiger partial charge is 0.310 e. The molecule has 0 amide bonds. The third-order valence-corrected chi connectivity index (χ3v) is 3.36. The van der Waals surface area contributed by atoms with Gasteiger partial charge in [0.2, 0.25) is 0 Å². The van der Waals surface area contributed by atoms with E-state index in [1.807, 2.05) is 6.08 Å². The second-order valence-corrected chi connectivity index (χ2v) is 5.18. The Balaban J connectivity index is 2.36. The van der Waals surface area contributed by atoms with Gasteiger partial charge in [-0.3, -0.25) is 0 Å². The molecule has 1 unspecified atom stereocenters. The topological polar surface area (TPSA) is 15.3 Å². The average Bonchev–Trinajstić information content (AvgIpc) is 2.34. The van der Waals surface area contributed by atoms with Gasteiger partial charge >= 0.3 is 0 Å². The van der Waals surface area contributed by atoms with Crippen LogP contribution in [0.3, 0.4) is 0 Å². The molecule has 1 heterocycles. The van der Waals surface area contributed by atoms with Gasteiger partial charge in [0.15, 0.2) is 0 Å². The molecule has 104 valence electrons. The van der Waals surface area contributed by atoms with Crippen LogP contribution in [0.4, 0.5) is 4.39 Å². The molecule has 2 nitrogen and oxygen atoms in total. The summed E-state index contributed by atoms with van der Waals surface area (Å²) < 4.78 is 12.8. The van der Waals surface area contributed by atoms with Crippen LogP contribution < -0.4 is 5.32 Å². The van der Waals surface area contributed by atoms with Gasteiger partial charge in [0, 0.05) is 12.6 Å². The Hall–Kier alpha value is -0.670. The molecular formula is C15H27FN2. The van der Waals surface area contributed by atoms with Gasteiger partial charge in [0.05, 0.1) is 0 Å². The first-order valence-corrected chi connectivity index (χ1v) is 7.05. The van der Waals surface area contributed by atoms with E-state index >= 15 is 0 Å². The molecular weight excluding hydrogens is 227 g/mol. The van der Waals surface area contributed by atoms with E-state index in [9.17, 15) is 4.39 Å². The van der Waals surface area contributed by atoms with Crippen molar-refractivity contribution in [3.8, 4) is 0 Å². The number of nitrogens with zero attached hydrogens (tertiary/aromatic N) is 1. The standard InChI is InChI=1S/C15H27FN2/c1-4-5-14(7-6-13(2)16)12-17-15-8-10-18(3)11-9-15/h5-7,13,15,17H,4,8-12H2,1-3H3/b7-6-,14-5+. The van der Waals surface area contributed by atoms with Gasteiger partial charge in [-0.05, 0) is 51.9 Å². The van der Waals surface area contributed by atoms with Crippen molar-refractivity contribution in [3.63, 3.8) is 0 Å². The van der Waals surface area contributed by atoms with Gasteiger partial charge in [-0.25, -0.2) is 4.39 Å². The first-order valence-electron chi connectivity index (χ1n) is 7.05. The summed E-state index contributed by atoms with van der Waals surface area (Å²) >= 11 is 0. The lowest BCUT2D eigenvalue weighted by atomic mass is 10.0. The maximum absolute atomic E-state index is 12.8. The molecule has 0 aromatic heterocycles. The maximum atomic E-state index is 12.8. The van der Waals surface area contributed by atoms with Gasteiger partial charge in [0.25, 0.3) is 0 Å². The lowest BCUT2D eigenvalue weighted by molar-refractivity contribution is 0.237. The highest BCUT2D eigenvalue weighted by molar-refractivity contribution is 5.21. The van der Waals surface area contributed by atoms with Gasteiger partial charge < -0.3 is 10.2 Å². The van der Waals surface area contributed by atoms with E-state index in [1.165, 1.54) is 31.5 Å². The van der Waals surface area contributed by atoms with Crippen molar-refractivity contribution in [2.45, 2.75) is 45.3 Å². The molecule has 0 radical (unpaired) electrons. The van der Waals surface area contributed by atoms with Crippen molar-refractivity contribution < 1.29 is 4.39 Å². The van der Waals surface area contributed by atoms with Crippen molar-refractivity contribution in [1.29, 1.82) is 0 Å². The number of halogens is 1. The zero-order chi connectivity index (χ0) is 13.4. The molecule has 1 aliphatic heterocycles. The highest BCUT2D eigenvalue weighted by atomic mass is 19.1. The first-order chi connectivity index (χ1) is 8.61. The van der Waals surface area contributed by atoms with Crippen LogP contribution in [0.25, 0.3) is 0 Å². The minimum atomic E-state index is -0.867. The monoisotopic (exact) mass is 254 g/mol. The molecule has 1 atom stereocenters. The van der Waals surface area contributed by atoms with Crippen LogP contribution in [0.5, 0.6) is 0 Å². The number of rotatable bonds is 6. The van der Waals surface area contributed by atoms with E-state index in [-0.39, 0.29) is 0 Å². The van der Waals surface area contributed by atoms with Crippen LogP contribution in [0.2, 0.25) is 0 Å². The quantitative estimate of drug-likeness (QED) is 0.733. The molecule has 0 spiro atoms. The molecule has 0 aliphatic carbocycles. The summed E-state index contributed by atoms with van der Waals surface area (Å²) in [5, 5.41) is 3.58. The fourth-order valence-electron chi connectivity index (χ4n) is 2.19. The highest BCUT2D eigenvalue weighted by Gasteiger charge is 2.15. The minimum Gasteiger partial charge on any atom is -0.310 e. The molecule has 1 saturated heterocycles. The number of alkyl halides is 1. The Bertz CT molecular complexity index is 276. The molecule has 18 heavy (non-hydrogen) atoms. The summed E-state index contributed by atoms with van der Waals surface area (Å²) in [6.07, 6.45) is 8.25. The van der Waals surface area contributed by atoms with Gasteiger partial charge in [-0.15, -0.1) is 0 Å². The van der Waals surface area contributed by atoms with E-state index in [1.54, 1.807) is 13.0 Å². The average molecular weight is 254 g/mol. The molecule has 0 saturated carbocycles. The summed E-state index contributed by atoms with van der Waals surface area (Å²) in [5.41, 5.74) is 1.20.